The van der Waals surface area contributed by atoms with Crippen LogP contribution in [0.2, 0.25) is 0 Å². The molecule has 6 nitrogen and oxygen atoms in total. The highest BCUT2D eigenvalue weighted by atomic mass is 19.1. The summed E-state index contributed by atoms with van der Waals surface area (Å²) in [5.41, 5.74) is 0.471. The number of hydrogen-bond acceptors (Lipinski definition) is 3. The highest BCUT2D eigenvalue weighted by molar-refractivity contribution is 5.92. The van der Waals surface area contributed by atoms with Gasteiger partial charge in [-0.25, -0.2) is 9.18 Å². The van der Waals surface area contributed by atoms with E-state index < -0.39 is 6.03 Å². The second kappa shape index (κ2) is 6.85. The van der Waals surface area contributed by atoms with Gasteiger partial charge in [0.1, 0.15) is 5.82 Å². The third-order valence-electron chi connectivity index (χ3n) is 2.97. The van der Waals surface area contributed by atoms with Crippen LogP contribution in [0.5, 0.6) is 0 Å². The summed E-state index contributed by atoms with van der Waals surface area (Å²) in [5.74, 6) is -0.481. The van der Waals surface area contributed by atoms with E-state index in [9.17, 15) is 14.0 Å². The van der Waals surface area contributed by atoms with Crippen molar-refractivity contribution in [2.24, 2.45) is 0 Å². The third-order valence-corrected chi connectivity index (χ3v) is 2.97. The van der Waals surface area contributed by atoms with E-state index in [-0.39, 0.29) is 18.3 Å². The molecule has 0 radical (unpaired) electrons. The van der Waals surface area contributed by atoms with Crippen molar-refractivity contribution in [3.05, 3.63) is 30.1 Å². The molecule has 0 unspecified atom stereocenters. The number of nitrogens with zero attached hydrogens (tertiary/aromatic N) is 1. The minimum Gasteiger partial charge on any atom is -0.339 e. The molecule has 1 aliphatic heterocycles. The summed E-state index contributed by atoms with van der Waals surface area (Å²) < 4.78 is 12.7. The normalized spacial score (nSPS) is 14.8. The summed E-state index contributed by atoms with van der Waals surface area (Å²) in [5, 5.41) is 8.16. The molecule has 1 heterocycles. The standard InChI is InChI=1S/C13H17FN4O2/c14-10-1-3-11(4-2-10)17-13(20)16-9-12(19)18-7-5-15-6-8-18/h1-4,15H,5-9H2,(H2,16,17,20). The van der Waals surface area contributed by atoms with Crippen LogP contribution < -0.4 is 16.0 Å². The zero-order chi connectivity index (χ0) is 14.4. The van der Waals surface area contributed by atoms with Gasteiger partial charge in [-0.1, -0.05) is 0 Å². The van der Waals surface area contributed by atoms with E-state index >= 15 is 0 Å². The van der Waals surface area contributed by atoms with Crippen molar-refractivity contribution in [2.75, 3.05) is 38.0 Å². The van der Waals surface area contributed by atoms with E-state index in [1.54, 1.807) is 4.90 Å². The number of nitrogens with one attached hydrogen (secondary N) is 3. The van der Waals surface area contributed by atoms with Crippen LogP contribution in [-0.4, -0.2) is 49.6 Å². The maximum atomic E-state index is 12.7. The lowest BCUT2D eigenvalue weighted by molar-refractivity contribution is -0.130. The van der Waals surface area contributed by atoms with Crippen LogP contribution in [0.4, 0.5) is 14.9 Å². The minimum absolute atomic E-state index is 0.0486. The summed E-state index contributed by atoms with van der Waals surface area (Å²) in [4.78, 5) is 25.1. The lowest BCUT2D eigenvalue weighted by atomic mass is 10.3. The maximum Gasteiger partial charge on any atom is 0.319 e. The monoisotopic (exact) mass is 280 g/mol. The Morgan fingerprint density at radius 2 is 1.85 bits per heavy atom. The van der Waals surface area contributed by atoms with Crippen molar-refractivity contribution in [1.82, 2.24) is 15.5 Å². The Hall–Kier alpha value is -2.15. The number of piperazine rings is 1. The van der Waals surface area contributed by atoms with Crippen LogP contribution in [0.15, 0.2) is 24.3 Å². The van der Waals surface area contributed by atoms with E-state index in [1.807, 2.05) is 0 Å². The fraction of sp³-hybridized carbons (Fsp3) is 0.385. The van der Waals surface area contributed by atoms with Gasteiger partial charge < -0.3 is 20.9 Å². The third kappa shape index (κ3) is 4.20. The van der Waals surface area contributed by atoms with Gasteiger partial charge in [0.2, 0.25) is 5.91 Å². The Balaban J connectivity index is 1.74. The number of urea groups is 1. The Labute approximate surface area is 116 Å². The topological polar surface area (TPSA) is 73.5 Å². The second-order valence-electron chi connectivity index (χ2n) is 4.45. The predicted octanol–water partition coefficient (Wildman–Crippen LogP) is 0.379. The minimum atomic E-state index is -0.486. The number of carbonyl (C=O) groups excluding carboxylic acids is 2. The van der Waals surface area contributed by atoms with Gasteiger partial charge in [-0.3, -0.25) is 4.79 Å². The van der Waals surface area contributed by atoms with E-state index in [0.717, 1.165) is 13.1 Å². The SMILES string of the molecule is O=C(NCC(=O)N1CCNCC1)Nc1ccc(F)cc1. The smallest absolute Gasteiger partial charge is 0.319 e. The van der Waals surface area contributed by atoms with Gasteiger partial charge in [0, 0.05) is 31.9 Å². The first kappa shape index (κ1) is 14.3. The van der Waals surface area contributed by atoms with E-state index in [0.29, 0.717) is 18.8 Å². The number of rotatable bonds is 3. The van der Waals surface area contributed by atoms with Gasteiger partial charge in [-0.2, -0.15) is 0 Å². The van der Waals surface area contributed by atoms with Crippen molar-refractivity contribution in [3.8, 4) is 0 Å². The molecule has 2 rings (SSSR count). The second-order valence-corrected chi connectivity index (χ2v) is 4.45. The number of anilines is 1. The molecule has 0 aliphatic carbocycles. The highest BCUT2D eigenvalue weighted by Crippen LogP contribution is 2.07. The first-order valence-corrected chi connectivity index (χ1v) is 6.44. The van der Waals surface area contributed by atoms with Crippen LogP contribution in [0.25, 0.3) is 0 Å². The van der Waals surface area contributed by atoms with Crippen molar-refractivity contribution in [2.45, 2.75) is 0 Å². The first-order chi connectivity index (χ1) is 9.65. The fourth-order valence-corrected chi connectivity index (χ4v) is 1.89. The van der Waals surface area contributed by atoms with Crippen LogP contribution >= 0.6 is 0 Å². The van der Waals surface area contributed by atoms with Crippen molar-refractivity contribution < 1.29 is 14.0 Å². The highest BCUT2D eigenvalue weighted by Gasteiger charge is 2.16. The van der Waals surface area contributed by atoms with Gasteiger partial charge in [0.25, 0.3) is 0 Å². The molecule has 0 saturated carbocycles. The van der Waals surface area contributed by atoms with Crippen LogP contribution in [0.1, 0.15) is 0 Å². The molecule has 1 aromatic rings. The zero-order valence-electron chi connectivity index (χ0n) is 11.0. The number of benzene rings is 1. The molecule has 0 spiro atoms. The van der Waals surface area contributed by atoms with Crippen LogP contribution in [0.3, 0.4) is 0 Å². The van der Waals surface area contributed by atoms with Gasteiger partial charge in [0.15, 0.2) is 0 Å². The van der Waals surface area contributed by atoms with Crippen LogP contribution in [0, 0.1) is 5.82 Å². The average molecular weight is 280 g/mol. The molecule has 1 saturated heterocycles. The molecule has 1 fully saturated rings. The van der Waals surface area contributed by atoms with Gasteiger partial charge in [-0.15, -0.1) is 0 Å². The van der Waals surface area contributed by atoms with Crippen LogP contribution in [-0.2, 0) is 4.79 Å². The Morgan fingerprint density at radius 3 is 2.50 bits per heavy atom. The summed E-state index contributed by atoms with van der Waals surface area (Å²) >= 11 is 0. The molecule has 20 heavy (non-hydrogen) atoms. The van der Waals surface area contributed by atoms with Gasteiger partial charge >= 0.3 is 6.03 Å². The largest absolute Gasteiger partial charge is 0.339 e. The Morgan fingerprint density at radius 1 is 1.20 bits per heavy atom. The Bertz CT molecular complexity index is 472. The zero-order valence-corrected chi connectivity index (χ0v) is 11.0. The summed E-state index contributed by atoms with van der Waals surface area (Å²) in [6, 6.07) is 4.92. The van der Waals surface area contributed by atoms with E-state index in [4.69, 9.17) is 0 Å². The summed E-state index contributed by atoms with van der Waals surface area (Å²) in [7, 11) is 0. The number of amides is 3. The molecule has 1 aliphatic rings. The van der Waals surface area contributed by atoms with E-state index in [2.05, 4.69) is 16.0 Å². The first-order valence-electron chi connectivity index (χ1n) is 6.44. The number of halogens is 1. The van der Waals surface area contributed by atoms with Crippen molar-refractivity contribution >= 4 is 17.6 Å². The van der Waals surface area contributed by atoms with Gasteiger partial charge in [-0.05, 0) is 24.3 Å². The number of hydrogen-bond donors (Lipinski definition) is 3. The predicted molar refractivity (Wildman–Crippen MR) is 72.9 cm³/mol. The molecular formula is C13H17FN4O2. The van der Waals surface area contributed by atoms with Crippen molar-refractivity contribution in [1.29, 1.82) is 0 Å². The molecular weight excluding hydrogens is 263 g/mol. The summed E-state index contributed by atoms with van der Waals surface area (Å²) in [6.45, 7) is 2.80. The molecule has 3 amide bonds. The van der Waals surface area contributed by atoms with E-state index in [1.165, 1.54) is 24.3 Å². The molecule has 1 aromatic carbocycles. The molecule has 0 aromatic heterocycles. The lowest BCUT2D eigenvalue weighted by Crippen LogP contribution is -2.49. The average Bonchev–Trinajstić information content (AvgIpc) is 2.48. The van der Waals surface area contributed by atoms with Crippen molar-refractivity contribution in [3.63, 3.8) is 0 Å². The summed E-state index contributed by atoms with van der Waals surface area (Å²) in [6.07, 6.45) is 0. The fourth-order valence-electron chi connectivity index (χ4n) is 1.89. The quantitative estimate of drug-likeness (QED) is 0.749. The molecule has 108 valence electrons. The van der Waals surface area contributed by atoms with Gasteiger partial charge in [0.05, 0.1) is 6.54 Å². The molecule has 0 atom stereocenters. The molecule has 7 heteroatoms. The lowest BCUT2D eigenvalue weighted by Gasteiger charge is -2.27. The molecule has 0 bridgehead atoms. The molecule has 3 N–H and O–H groups in total. The Kier molecular flexibility index (Phi) is 4.89. The number of carbonyl (C=O) groups is 2. The maximum absolute atomic E-state index is 12.7.